The van der Waals surface area contributed by atoms with Crippen LogP contribution in [0.3, 0.4) is 0 Å². The third kappa shape index (κ3) is 9.74. The first-order chi connectivity index (χ1) is 56.4. The predicted octanol–water partition coefficient (Wildman–Crippen LogP) is 29.9. The number of rotatable bonds is 3. The maximum absolute atomic E-state index is 6.67. The molecule has 1 N–H and O–H groups in total. The van der Waals surface area contributed by atoms with E-state index in [2.05, 4.69) is 359 Å². The van der Waals surface area contributed by atoms with Crippen LogP contribution in [0.15, 0.2) is 328 Å². The van der Waals surface area contributed by atoms with E-state index >= 15 is 0 Å². The predicted molar refractivity (Wildman–Crippen MR) is 491 cm³/mol. The molecule has 0 spiro atoms. The Morgan fingerprint density at radius 1 is 0.278 bits per heavy atom. The first kappa shape index (κ1) is 66.2. The van der Waals surface area contributed by atoms with Gasteiger partial charge in [0.25, 0.3) is 0 Å². The summed E-state index contributed by atoms with van der Waals surface area (Å²) in [5, 5.41) is 31.1. The van der Waals surface area contributed by atoms with Crippen LogP contribution in [0.1, 0.15) is 50.2 Å². The average Bonchev–Trinajstić information content (AvgIpc) is 1.55. The van der Waals surface area contributed by atoms with E-state index in [0.717, 1.165) is 73.3 Å². The van der Waals surface area contributed by atoms with Gasteiger partial charge in [-0.05, 0) is 159 Å². The maximum atomic E-state index is 6.67. The molecule has 0 atom stereocenters. The van der Waals surface area contributed by atoms with E-state index in [0.29, 0.717) is 5.15 Å². The minimum Gasteiger partial charge on any atom is -0.354 e. The van der Waals surface area contributed by atoms with Gasteiger partial charge < -0.3 is 4.98 Å². The van der Waals surface area contributed by atoms with Crippen molar-refractivity contribution < 1.29 is 0 Å². The first-order valence-electron chi connectivity index (χ1n) is 39.3. The minimum absolute atomic E-state index is 0.197. The van der Waals surface area contributed by atoms with Crippen molar-refractivity contribution in [1.29, 1.82) is 0 Å². The smallest absolute Gasteiger partial charge is 0.165 e. The second-order valence-corrected chi connectivity index (χ2v) is 34.5. The van der Waals surface area contributed by atoms with Crippen LogP contribution < -0.4 is 0 Å². The molecule has 540 valence electrons. The van der Waals surface area contributed by atoms with Crippen LogP contribution in [0.2, 0.25) is 5.15 Å². The molecule has 6 heterocycles. The van der Waals surface area contributed by atoms with Crippen LogP contribution in [-0.2, 0) is 10.8 Å². The van der Waals surface area contributed by atoms with E-state index < -0.39 is 0 Å². The molecular weight excluding hydrogens is 1460 g/mol. The second-order valence-electron chi connectivity index (χ2n) is 32.0. The highest BCUT2D eigenvalue weighted by Gasteiger charge is 2.41. The van der Waals surface area contributed by atoms with Crippen molar-refractivity contribution >= 4 is 204 Å². The Bertz CT molecular complexity index is 8330. The molecule has 2 aliphatic rings. The Morgan fingerprint density at radius 2 is 0.678 bits per heavy atom. The standard InChI is InChI=1S/C53H33N3S.C28H17N.C25H17ClN2S/c1-53(2)42-21-11-9-20-39(42)50-51(53)54-49(32-23-26-46-40(28-32)36-18-10-12-22-45(36)57-46)52(55-50)56-43-25-24-38-35-17-6-5-15-33(35)34-16-7-8-19-37(34)47(38)48(43)41-27-30-13-3-4-14-31(30)29-44(41)56;1-2-8-18-16-26-24(15-17(18)7-1)28-25(29-26)14-13-23-21-11-4-3-9-19(21)20-10-5-6-12-22(20)27(23)28;1-25(2)18-9-5-3-8-16(18)22-23(25)27-21(24(26)28-22)14-11-12-20-17(13-14)15-7-4-6-10-19(15)29-20/h3-29H,1-2H3;1-16,29H;3-13H,1-2H3. The quantitative estimate of drug-likeness (QED) is 0.179. The summed E-state index contributed by atoms with van der Waals surface area (Å²) in [4.78, 5) is 25.1. The summed E-state index contributed by atoms with van der Waals surface area (Å²) < 4.78 is 7.56. The van der Waals surface area contributed by atoms with Gasteiger partial charge in [-0.2, -0.15) is 0 Å². The molecule has 6 aromatic heterocycles. The van der Waals surface area contributed by atoms with Crippen molar-refractivity contribution in [3.05, 3.63) is 355 Å². The van der Waals surface area contributed by atoms with Crippen LogP contribution in [-0.4, -0.2) is 29.5 Å². The fraction of sp³-hybridized carbons (Fsp3) is 0.0566. The number of nitrogens with zero attached hydrogens (tertiary/aromatic N) is 5. The Labute approximate surface area is 673 Å². The van der Waals surface area contributed by atoms with E-state index in [9.17, 15) is 0 Å². The second kappa shape index (κ2) is 24.8. The monoisotopic (exact) mass is 1520 g/mol. The molecular formula is C106H67ClN6S2. The summed E-state index contributed by atoms with van der Waals surface area (Å²) in [6.45, 7) is 9.00. The number of halogens is 1. The third-order valence-electron chi connectivity index (χ3n) is 25.0. The molecule has 0 fully saturated rings. The topological polar surface area (TPSA) is 72.3 Å². The average molecular weight is 1520 g/mol. The first-order valence-corrected chi connectivity index (χ1v) is 41.4. The fourth-order valence-electron chi connectivity index (χ4n) is 19.6. The molecule has 0 bridgehead atoms. The minimum atomic E-state index is -0.307. The van der Waals surface area contributed by atoms with Gasteiger partial charge in [0.1, 0.15) is 11.4 Å². The zero-order valence-corrected chi connectivity index (χ0v) is 65.5. The number of H-pyrrole nitrogens is 1. The van der Waals surface area contributed by atoms with Gasteiger partial charge in [0, 0.05) is 117 Å². The normalized spacial score (nSPS) is 13.4. The fourth-order valence-corrected chi connectivity index (χ4v) is 22.0. The number of hydrogen-bond donors (Lipinski definition) is 1. The van der Waals surface area contributed by atoms with Gasteiger partial charge in [-0.3, -0.25) is 4.57 Å². The van der Waals surface area contributed by atoms with Gasteiger partial charge in [0.15, 0.2) is 11.0 Å². The maximum Gasteiger partial charge on any atom is 0.165 e. The number of fused-ring (bicyclic) bond motifs is 34. The van der Waals surface area contributed by atoms with E-state index in [1.165, 1.54) is 170 Å². The van der Waals surface area contributed by atoms with E-state index in [1.807, 2.05) is 28.7 Å². The number of hydrogen-bond acceptors (Lipinski definition) is 6. The Morgan fingerprint density at radius 3 is 1.23 bits per heavy atom. The van der Waals surface area contributed by atoms with Crippen LogP contribution in [0.25, 0.3) is 221 Å². The highest BCUT2D eigenvalue weighted by molar-refractivity contribution is 7.26. The van der Waals surface area contributed by atoms with Crippen LogP contribution in [0.5, 0.6) is 0 Å². The molecule has 6 nitrogen and oxygen atoms in total. The Hall–Kier alpha value is -13.5. The molecule has 9 heteroatoms. The Kier molecular flexibility index (Phi) is 14.2. The van der Waals surface area contributed by atoms with Gasteiger partial charge >= 0.3 is 0 Å². The lowest BCUT2D eigenvalue weighted by Gasteiger charge is -2.21. The lowest BCUT2D eigenvalue weighted by Crippen LogP contribution is -2.18. The summed E-state index contributed by atoms with van der Waals surface area (Å²) in [6.07, 6.45) is 0. The molecule has 18 aromatic carbocycles. The summed E-state index contributed by atoms with van der Waals surface area (Å²) in [7, 11) is 0. The van der Waals surface area contributed by atoms with Crippen molar-refractivity contribution in [2.45, 2.75) is 38.5 Å². The number of thiophene rings is 2. The van der Waals surface area contributed by atoms with Crippen LogP contribution in [0.4, 0.5) is 0 Å². The number of aromatic nitrogens is 6. The molecule has 115 heavy (non-hydrogen) atoms. The highest BCUT2D eigenvalue weighted by atomic mass is 35.5. The largest absolute Gasteiger partial charge is 0.354 e. The molecule has 2 aliphatic carbocycles. The molecule has 0 aliphatic heterocycles. The summed E-state index contributed by atoms with van der Waals surface area (Å²) in [6, 6.07) is 119. The SMILES string of the molecule is CC1(C)c2ccccc2-c2nc(-n3c4cc5ccccc5cc4c4c5c6ccccc6c6ccccc6c5ccc43)c(-c3ccc4sc5ccccc5c4c3)nc21.CC1(C)c2ccccc2-c2nc(Cl)c(-c3ccc4sc5ccccc5c4c3)nc21.c1ccc2cc3c(cc2c1)[nH]c1ccc2c4ccccc4c4ccccc4c2c13. The van der Waals surface area contributed by atoms with Gasteiger partial charge in [0.2, 0.25) is 0 Å². The molecule has 0 saturated carbocycles. The zero-order chi connectivity index (χ0) is 76.3. The van der Waals surface area contributed by atoms with E-state index in [1.54, 1.807) is 0 Å². The summed E-state index contributed by atoms with van der Waals surface area (Å²) >= 11 is 10.3. The number of benzene rings is 18. The summed E-state index contributed by atoms with van der Waals surface area (Å²) in [5.41, 5.74) is 16.5. The molecule has 24 aromatic rings. The lowest BCUT2D eigenvalue weighted by molar-refractivity contribution is 0.635. The third-order valence-corrected chi connectivity index (χ3v) is 27.5. The van der Waals surface area contributed by atoms with Crippen molar-refractivity contribution in [2.24, 2.45) is 0 Å². The highest BCUT2D eigenvalue weighted by Crippen LogP contribution is 2.53. The van der Waals surface area contributed by atoms with Gasteiger partial charge in [-0.25, -0.2) is 19.9 Å². The Balaban J connectivity index is 0.000000110. The molecule has 0 unspecified atom stereocenters. The zero-order valence-electron chi connectivity index (χ0n) is 63.1. The molecule has 0 saturated heterocycles. The van der Waals surface area contributed by atoms with E-state index in [-0.39, 0.29) is 10.8 Å². The van der Waals surface area contributed by atoms with Crippen LogP contribution >= 0.6 is 34.3 Å². The summed E-state index contributed by atoms with van der Waals surface area (Å²) in [5.74, 6) is 0.847. The van der Waals surface area contributed by atoms with E-state index in [4.69, 9.17) is 31.5 Å². The van der Waals surface area contributed by atoms with Gasteiger partial charge in [0.05, 0.1) is 33.8 Å². The van der Waals surface area contributed by atoms with Crippen molar-refractivity contribution in [1.82, 2.24) is 29.5 Å². The van der Waals surface area contributed by atoms with Gasteiger partial charge in [-0.1, -0.05) is 294 Å². The molecule has 0 amide bonds. The van der Waals surface area contributed by atoms with Crippen LogP contribution in [0, 0.1) is 0 Å². The lowest BCUT2D eigenvalue weighted by atomic mass is 9.85. The molecule has 26 rings (SSSR count). The number of nitrogens with one attached hydrogen (secondary N) is 1. The van der Waals surface area contributed by atoms with Crippen molar-refractivity contribution in [3.63, 3.8) is 0 Å². The van der Waals surface area contributed by atoms with Crippen molar-refractivity contribution in [2.75, 3.05) is 0 Å². The molecule has 0 radical (unpaired) electrons. The number of aromatic amines is 1. The van der Waals surface area contributed by atoms with Crippen molar-refractivity contribution in [3.8, 4) is 50.8 Å². The van der Waals surface area contributed by atoms with Gasteiger partial charge in [-0.15, -0.1) is 22.7 Å².